The highest BCUT2D eigenvalue weighted by Crippen LogP contribution is 2.39. The maximum absolute atomic E-state index is 13.5. The lowest BCUT2D eigenvalue weighted by Crippen LogP contribution is -2.33. The van der Waals surface area contributed by atoms with Crippen LogP contribution in [0.5, 0.6) is 0 Å². The number of ether oxygens (including phenoxy) is 2. The number of rotatable bonds is 10. The van der Waals surface area contributed by atoms with Crippen molar-refractivity contribution in [1.82, 2.24) is 0 Å². The molecule has 1 heterocycles. The molecule has 0 saturated heterocycles. The molecule has 1 amide bonds. The van der Waals surface area contributed by atoms with Gasteiger partial charge in [0.25, 0.3) is 5.91 Å². The zero-order valence-electron chi connectivity index (χ0n) is 18.8. The first kappa shape index (κ1) is 24.2. The van der Waals surface area contributed by atoms with Gasteiger partial charge in [-0.3, -0.25) is 14.5 Å². The molecular weight excluding hydrogens is 438 g/mol. The molecule has 0 bridgehead atoms. The summed E-state index contributed by atoms with van der Waals surface area (Å²) in [5, 5.41) is 2.37. The molecule has 0 spiro atoms. The van der Waals surface area contributed by atoms with Crippen molar-refractivity contribution in [2.75, 3.05) is 24.7 Å². The van der Waals surface area contributed by atoms with Gasteiger partial charge in [-0.15, -0.1) is 11.3 Å². The van der Waals surface area contributed by atoms with Crippen molar-refractivity contribution in [3.63, 3.8) is 0 Å². The van der Waals surface area contributed by atoms with Crippen LogP contribution < -0.4 is 4.90 Å². The molecule has 0 saturated carbocycles. The fourth-order valence-corrected chi connectivity index (χ4v) is 4.52. The summed E-state index contributed by atoms with van der Waals surface area (Å²) in [6.45, 7) is 4.29. The summed E-state index contributed by atoms with van der Waals surface area (Å²) in [6.07, 6.45) is 0.580. The summed E-state index contributed by atoms with van der Waals surface area (Å²) in [5.41, 5.74) is 2.43. The molecule has 3 aromatic rings. The number of carbonyl (C=O) groups excluding carboxylic acids is 3. The Balaban J connectivity index is 2.02. The molecular formula is C26H27NO5S. The Hall–Kier alpha value is -3.45. The molecule has 0 radical (unpaired) electrons. The van der Waals surface area contributed by atoms with E-state index in [1.54, 1.807) is 43.0 Å². The molecule has 172 valence electrons. The number of hydrogen-bond acceptors (Lipinski definition) is 6. The Kier molecular flexibility index (Phi) is 8.78. The van der Waals surface area contributed by atoms with Crippen LogP contribution in [0.1, 0.15) is 47.4 Å². The summed E-state index contributed by atoms with van der Waals surface area (Å²) in [6, 6.07) is 18.4. The second-order valence-corrected chi connectivity index (χ2v) is 8.01. The number of esters is 2. The third kappa shape index (κ3) is 6.08. The largest absolute Gasteiger partial charge is 0.466 e. The zero-order valence-corrected chi connectivity index (χ0v) is 19.6. The van der Waals surface area contributed by atoms with Gasteiger partial charge >= 0.3 is 11.9 Å². The van der Waals surface area contributed by atoms with Crippen molar-refractivity contribution in [2.24, 2.45) is 0 Å². The average Bonchev–Trinajstić information content (AvgIpc) is 3.28. The van der Waals surface area contributed by atoms with E-state index in [0.717, 1.165) is 5.56 Å². The predicted octanol–water partition coefficient (Wildman–Crippen LogP) is 5.58. The predicted molar refractivity (Wildman–Crippen MR) is 130 cm³/mol. The quantitative estimate of drug-likeness (QED) is 0.365. The smallest absolute Gasteiger partial charge is 0.341 e. The van der Waals surface area contributed by atoms with Gasteiger partial charge < -0.3 is 9.47 Å². The minimum Gasteiger partial charge on any atom is -0.466 e. The Labute approximate surface area is 197 Å². The molecule has 0 unspecified atom stereocenters. The van der Waals surface area contributed by atoms with Crippen LogP contribution in [0.15, 0.2) is 66.0 Å². The second kappa shape index (κ2) is 12.0. The minimum absolute atomic E-state index is 0.179. The van der Waals surface area contributed by atoms with E-state index < -0.39 is 5.97 Å². The van der Waals surface area contributed by atoms with E-state index in [4.69, 9.17) is 9.47 Å². The molecule has 0 aliphatic carbocycles. The van der Waals surface area contributed by atoms with Crippen molar-refractivity contribution in [3.05, 3.63) is 77.2 Å². The molecule has 0 aliphatic heterocycles. The fourth-order valence-electron chi connectivity index (χ4n) is 3.42. The topological polar surface area (TPSA) is 72.9 Å². The highest BCUT2D eigenvalue weighted by molar-refractivity contribution is 7.15. The summed E-state index contributed by atoms with van der Waals surface area (Å²) in [7, 11) is 0. The molecule has 0 fully saturated rings. The van der Waals surface area contributed by atoms with Gasteiger partial charge in [0.2, 0.25) is 0 Å². The number of hydrogen-bond donors (Lipinski definition) is 0. The summed E-state index contributed by atoms with van der Waals surface area (Å²) >= 11 is 1.31. The van der Waals surface area contributed by atoms with E-state index in [0.29, 0.717) is 34.7 Å². The number of benzene rings is 2. The second-order valence-electron chi connectivity index (χ2n) is 7.15. The number of amides is 1. The molecule has 33 heavy (non-hydrogen) atoms. The van der Waals surface area contributed by atoms with Gasteiger partial charge in [-0.05, 0) is 38.0 Å². The number of thiophene rings is 1. The number of nitrogens with zero attached hydrogens (tertiary/aromatic N) is 1. The van der Waals surface area contributed by atoms with Crippen LogP contribution in [0.3, 0.4) is 0 Å². The third-order valence-corrected chi connectivity index (χ3v) is 5.92. The summed E-state index contributed by atoms with van der Waals surface area (Å²) in [4.78, 5) is 39.9. The molecule has 7 heteroatoms. The number of carbonyl (C=O) groups is 3. The normalized spacial score (nSPS) is 10.5. The van der Waals surface area contributed by atoms with E-state index in [1.165, 1.54) is 11.3 Å². The molecule has 0 aliphatic rings. The monoisotopic (exact) mass is 465 g/mol. The lowest BCUT2D eigenvalue weighted by atomic mass is 10.0. The molecule has 0 N–H and O–H groups in total. The van der Waals surface area contributed by atoms with Crippen molar-refractivity contribution in [1.29, 1.82) is 0 Å². The maximum Gasteiger partial charge on any atom is 0.341 e. The maximum atomic E-state index is 13.5. The van der Waals surface area contributed by atoms with Crippen LogP contribution in [-0.4, -0.2) is 37.6 Å². The fraction of sp³-hybridized carbons (Fsp3) is 0.269. The van der Waals surface area contributed by atoms with Gasteiger partial charge in [-0.1, -0.05) is 48.5 Å². The molecule has 2 aromatic carbocycles. The molecule has 0 atom stereocenters. The van der Waals surface area contributed by atoms with E-state index in [-0.39, 0.29) is 31.4 Å². The van der Waals surface area contributed by atoms with Gasteiger partial charge in [0.1, 0.15) is 10.6 Å². The first-order valence-electron chi connectivity index (χ1n) is 10.9. The molecule has 6 nitrogen and oxygen atoms in total. The minimum atomic E-state index is -0.483. The first-order chi connectivity index (χ1) is 16.1. The summed E-state index contributed by atoms with van der Waals surface area (Å²) in [5.74, 6) is -1.04. The average molecular weight is 466 g/mol. The zero-order chi connectivity index (χ0) is 23.6. The van der Waals surface area contributed by atoms with Gasteiger partial charge in [-0.2, -0.15) is 0 Å². The van der Waals surface area contributed by atoms with Gasteiger partial charge in [0.05, 0.1) is 13.2 Å². The SMILES string of the molecule is CCOC(=O)CCCN(C(=O)c1ccccc1)c1scc(-c2ccccc2)c1C(=O)OCC. The van der Waals surface area contributed by atoms with Crippen molar-refractivity contribution in [2.45, 2.75) is 26.7 Å². The lowest BCUT2D eigenvalue weighted by molar-refractivity contribution is -0.143. The van der Waals surface area contributed by atoms with Crippen LogP contribution in [-0.2, 0) is 14.3 Å². The van der Waals surface area contributed by atoms with Gasteiger partial charge in [0, 0.05) is 29.5 Å². The third-order valence-electron chi connectivity index (χ3n) is 4.91. The van der Waals surface area contributed by atoms with E-state index in [1.807, 2.05) is 41.8 Å². The Morgan fingerprint density at radius 1 is 0.879 bits per heavy atom. The van der Waals surface area contributed by atoms with Crippen molar-refractivity contribution < 1.29 is 23.9 Å². The van der Waals surface area contributed by atoms with Crippen molar-refractivity contribution >= 4 is 34.2 Å². The standard InChI is InChI=1S/C26H27NO5S/c1-3-31-22(28)16-11-17-27(24(29)20-14-9-6-10-15-20)25-23(26(30)32-4-2)21(18-33-25)19-12-7-5-8-13-19/h5-10,12-15,18H,3-4,11,16-17H2,1-2H3. The van der Waals surface area contributed by atoms with Crippen LogP contribution >= 0.6 is 11.3 Å². The van der Waals surface area contributed by atoms with E-state index in [9.17, 15) is 14.4 Å². The van der Waals surface area contributed by atoms with Crippen LogP contribution in [0.4, 0.5) is 5.00 Å². The van der Waals surface area contributed by atoms with Crippen LogP contribution in [0, 0.1) is 0 Å². The first-order valence-corrected chi connectivity index (χ1v) is 11.8. The highest BCUT2D eigenvalue weighted by Gasteiger charge is 2.28. The van der Waals surface area contributed by atoms with Crippen LogP contribution in [0.25, 0.3) is 11.1 Å². The van der Waals surface area contributed by atoms with Crippen molar-refractivity contribution in [3.8, 4) is 11.1 Å². The van der Waals surface area contributed by atoms with E-state index in [2.05, 4.69) is 0 Å². The Bertz CT molecular complexity index is 1080. The molecule has 3 rings (SSSR count). The number of anilines is 1. The molecule has 1 aromatic heterocycles. The van der Waals surface area contributed by atoms with Crippen LogP contribution in [0.2, 0.25) is 0 Å². The Morgan fingerprint density at radius 2 is 1.52 bits per heavy atom. The summed E-state index contributed by atoms with van der Waals surface area (Å²) < 4.78 is 10.4. The van der Waals surface area contributed by atoms with E-state index >= 15 is 0 Å². The van der Waals surface area contributed by atoms with Gasteiger partial charge in [-0.25, -0.2) is 4.79 Å². The highest BCUT2D eigenvalue weighted by atomic mass is 32.1. The Morgan fingerprint density at radius 3 is 2.15 bits per heavy atom. The lowest BCUT2D eigenvalue weighted by Gasteiger charge is -2.23. The van der Waals surface area contributed by atoms with Gasteiger partial charge in [0.15, 0.2) is 0 Å².